The first-order valence-electron chi connectivity index (χ1n) is 7.30. The lowest BCUT2D eigenvalue weighted by atomic mass is 10.1. The van der Waals surface area contributed by atoms with Crippen LogP contribution in [-0.2, 0) is 19.4 Å². The summed E-state index contributed by atoms with van der Waals surface area (Å²) in [7, 11) is 0. The average Bonchev–Trinajstić information content (AvgIpc) is 2.93. The minimum atomic E-state index is -0.198. The molecule has 1 aromatic heterocycles. The van der Waals surface area contributed by atoms with Gasteiger partial charge in [-0.15, -0.1) is 0 Å². The van der Waals surface area contributed by atoms with E-state index in [2.05, 4.69) is 27.8 Å². The Morgan fingerprint density at radius 2 is 2.05 bits per heavy atom. The van der Waals surface area contributed by atoms with E-state index in [0.717, 1.165) is 29.9 Å². The van der Waals surface area contributed by atoms with E-state index in [-0.39, 0.29) is 6.03 Å². The zero-order valence-electron chi connectivity index (χ0n) is 12.1. The van der Waals surface area contributed by atoms with Crippen LogP contribution in [0.3, 0.4) is 0 Å². The highest BCUT2D eigenvalue weighted by atomic mass is 16.2. The third-order valence-corrected chi connectivity index (χ3v) is 3.73. The van der Waals surface area contributed by atoms with E-state index >= 15 is 0 Å². The summed E-state index contributed by atoms with van der Waals surface area (Å²) in [6.07, 6.45) is 3.48. The summed E-state index contributed by atoms with van der Waals surface area (Å²) in [5.74, 6) is 0. The zero-order valence-corrected chi connectivity index (χ0v) is 12.1. The molecule has 0 saturated carbocycles. The van der Waals surface area contributed by atoms with Crippen LogP contribution in [0, 0.1) is 6.92 Å². The molecule has 0 radical (unpaired) electrons. The lowest BCUT2D eigenvalue weighted by Gasteiger charge is -2.09. The van der Waals surface area contributed by atoms with Crippen LogP contribution in [0.4, 0.5) is 10.5 Å². The SMILES string of the molecule is Cc1cccc(CNC(=O)Nc2ccc3c(c2)CCC3)n1. The smallest absolute Gasteiger partial charge is 0.319 e. The van der Waals surface area contributed by atoms with Gasteiger partial charge in [-0.05, 0) is 61.6 Å². The van der Waals surface area contributed by atoms with Gasteiger partial charge in [-0.1, -0.05) is 12.1 Å². The lowest BCUT2D eigenvalue weighted by molar-refractivity contribution is 0.251. The molecule has 0 fully saturated rings. The number of anilines is 1. The highest BCUT2D eigenvalue weighted by Gasteiger charge is 2.11. The van der Waals surface area contributed by atoms with Crippen LogP contribution < -0.4 is 10.6 Å². The summed E-state index contributed by atoms with van der Waals surface area (Å²) >= 11 is 0. The fourth-order valence-corrected chi connectivity index (χ4v) is 2.69. The number of hydrogen-bond donors (Lipinski definition) is 2. The summed E-state index contributed by atoms with van der Waals surface area (Å²) in [6, 6.07) is 11.7. The molecule has 2 N–H and O–H groups in total. The van der Waals surface area contributed by atoms with Gasteiger partial charge in [-0.2, -0.15) is 0 Å². The van der Waals surface area contributed by atoms with Gasteiger partial charge >= 0.3 is 6.03 Å². The van der Waals surface area contributed by atoms with Crippen molar-refractivity contribution in [2.45, 2.75) is 32.7 Å². The number of nitrogens with zero attached hydrogens (tertiary/aromatic N) is 1. The van der Waals surface area contributed by atoms with Crippen LogP contribution >= 0.6 is 0 Å². The van der Waals surface area contributed by atoms with Gasteiger partial charge in [0.25, 0.3) is 0 Å². The largest absolute Gasteiger partial charge is 0.332 e. The number of fused-ring (bicyclic) bond motifs is 1. The van der Waals surface area contributed by atoms with Crippen LogP contribution in [0.5, 0.6) is 0 Å². The summed E-state index contributed by atoms with van der Waals surface area (Å²) in [5.41, 5.74) is 5.43. The molecule has 0 atom stereocenters. The number of hydrogen-bond acceptors (Lipinski definition) is 2. The second-order valence-corrected chi connectivity index (χ2v) is 5.42. The minimum Gasteiger partial charge on any atom is -0.332 e. The first kappa shape index (κ1) is 13.6. The summed E-state index contributed by atoms with van der Waals surface area (Å²) in [6.45, 7) is 2.37. The predicted octanol–water partition coefficient (Wildman–Crippen LogP) is 3.20. The maximum absolute atomic E-state index is 11.9. The highest BCUT2D eigenvalue weighted by Crippen LogP contribution is 2.24. The molecule has 2 aromatic rings. The molecule has 4 heteroatoms. The van der Waals surface area contributed by atoms with Gasteiger partial charge < -0.3 is 10.6 Å². The number of amides is 2. The molecular formula is C17H19N3O. The van der Waals surface area contributed by atoms with Gasteiger partial charge in [0.2, 0.25) is 0 Å². The first-order chi connectivity index (χ1) is 10.2. The normalized spacial score (nSPS) is 12.8. The molecule has 0 unspecified atom stereocenters. The van der Waals surface area contributed by atoms with Crippen molar-refractivity contribution in [2.24, 2.45) is 0 Å². The Balaban J connectivity index is 1.57. The van der Waals surface area contributed by atoms with E-state index in [0.29, 0.717) is 6.54 Å². The number of benzene rings is 1. The Labute approximate surface area is 124 Å². The highest BCUT2D eigenvalue weighted by molar-refractivity contribution is 5.89. The second kappa shape index (κ2) is 5.95. The number of carbonyl (C=O) groups excluding carboxylic acids is 1. The molecular weight excluding hydrogens is 262 g/mol. The Hall–Kier alpha value is -2.36. The van der Waals surface area contributed by atoms with Crippen molar-refractivity contribution in [3.05, 3.63) is 58.9 Å². The van der Waals surface area contributed by atoms with E-state index < -0.39 is 0 Å². The van der Waals surface area contributed by atoms with Gasteiger partial charge in [0, 0.05) is 11.4 Å². The maximum Gasteiger partial charge on any atom is 0.319 e. The molecule has 2 amide bonds. The fourth-order valence-electron chi connectivity index (χ4n) is 2.69. The standard InChI is InChI=1S/C17H19N3O/c1-12-4-2-7-16(19-12)11-18-17(21)20-15-9-8-13-5-3-6-14(13)10-15/h2,4,7-10H,3,5-6,11H2,1H3,(H2,18,20,21). The molecule has 1 aliphatic carbocycles. The van der Waals surface area contributed by atoms with E-state index in [4.69, 9.17) is 0 Å². The van der Waals surface area contributed by atoms with E-state index in [1.54, 1.807) is 0 Å². The number of rotatable bonds is 3. The van der Waals surface area contributed by atoms with Gasteiger partial charge in [-0.25, -0.2) is 4.79 Å². The number of aryl methyl sites for hydroxylation is 3. The van der Waals surface area contributed by atoms with Gasteiger partial charge in [0.15, 0.2) is 0 Å². The first-order valence-corrected chi connectivity index (χ1v) is 7.30. The number of urea groups is 1. The Morgan fingerprint density at radius 3 is 2.90 bits per heavy atom. The molecule has 1 aliphatic rings. The summed E-state index contributed by atoms with van der Waals surface area (Å²) in [4.78, 5) is 16.3. The van der Waals surface area contributed by atoms with E-state index in [1.165, 1.54) is 17.5 Å². The number of pyridine rings is 1. The second-order valence-electron chi connectivity index (χ2n) is 5.42. The molecule has 1 heterocycles. The quantitative estimate of drug-likeness (QED) is 0.907. The topological polar surface area (TPSA) is 54.0 Å². The molecule has 3 rings (SSSR count). The number of carbonyl (C=O) groups is 1. The van der Waals surface area contributed by atoms with Crippen molar-refractivity contribution in [1.29, 1.82) is 0 Å². The molecule has 1 aromatic carbocycles. The fraction of sp³-hybridized carbons (Fsp3) is 0.294. The molecule has 0 saturated heterocycles. The molecule has 0 aliphatic heterocycles. The Morgan fingerprint density at radius 1 is 1.19 bits per heavy atom. The van der Waals surface area contributed by atoms with Gasteiger partial charge in [-0.3, -0.25) is 4.98 Å². The van der Waals surface area contributed by atoms with Crippen molar-refractivity contribution in [3.63, 3.8) is 0 Å². The van der Waals surface area contributed by atoms with Crippen molar-refractivity contribution >= 4 is 11.7 Å². The molecule has 21 heavy (non-hydrogen) atoms. The van der Waals surface area contributed by atoms with Crippen LogP contribution in [0.1, 0.15) is 28.9 Å². The van der Waals surface area contributed by atoms with Gasteiger partial charge in [0.1, 0.15) is 0 Å². The van der Waals surface area contributed by atoms with Crippen molar-refractivity contribution < 1.29 is 4.79 Å². The van der Waals surface area contributed by atoms with E-state index in [9.17, 15) is 4.79 Å². The number of nitrogens with one attached hydrogen (secondary N) is 2. The summed E-state index contributed by atoms with van der Waals surface area (Å²) in [5, 5.41) is 5.71. The van der Waals surface area contributed by atoms with E-state index in [1.807, 2.05) is 31.2 Å². The monoisotopic (exact) mass is 281 g/mol. The maximum atomic E-state index is 11.9. The van der Waals surface area contributed by atoms with Crippen LogP contribution in [0.15, 0.2) is 36.4 Å². The van der Waals surface area contributed by atoms with Crippen LogP contribution in [0.2, 0.25) is 0 Å². The number of aromatic nitrogens is 1. The molecule has 0 spiro atoms. The van der Waals surface area contributed by atoms with Crippen molar-refractivity contribution in [3.8, 4) is 0 Å². The lowest BCUT2D eigenvalue weighted by Crippen LogP contribution is -2.28. The molecule has 0 bridgehead atoms. The predicted molar refractivity (Wildman–Crippen MR) is 83.3 cm³/mol. The average molecular weight is 281 g/mol. The summed E-state index contributed by atoms with van der Waals surface area (Å²) < 4.78 is 0. The molecule has 4 nitrogen and oxygen atoms in total. The third-order valence-electron chi connectivity index (χ3n) is 3.73. The Kier molecular flexibility index (Phi) is 3.86. The third kappa shape index (κ3) is 3.40. The van der Waals surface area contributed by atoms with Crippen molar-refractivity contribution in [2.75, 3.05) is 5.32 Å². The van der Waals surface area contributed by atoms with Crippen LogP contribution in [-0.4, -0.2) is 11.0 Å². The van der Waals surface area contributed by atoms with Crippen LogP contribution in [0.25, 0.3) is 0 Å². The minimum absolute atomic E-state index is 0.198. The van der Waals surface area contributed by atoms with Crippen molar-refractivity contribution in [1.82, 2.24) is 10.3 Å². The van der Waals surface area contributed by atoms with Gasteiger partial charge in [0.05, 0.1) is 12.2 Å². The molecule has 108 valence electrons. The Bertz CT molecular complexity index is 667. The zero-order chi connectivity index (χ0) is 14.7.